The zero-order valence-electron chi connectivity index (χ0n) is 9.59. The van der Waals surface area contributed by atoms with Gasteiger partial charge in [0.25, 0.3) is 11.6 Å². The molecule has 0 bridgehead atoms. The SMILES string of the molecule is CC1(O)CN(C(=O)c2ccc([N+](=O)[O-])c(Cl)c2)C1. The van der Waals surface area contributed by atoms with Crippen LogP contribution in [-0.2, 0) is 0 Å². The van der Waals surface area contributed by atoms with E-state index in [1.54, 1.807) is 6.92 Å². The van der Waals surface area contributed by atoms with Crippen LogP contribution in [0.4, 0.5) is 5.69 Å². The molecule has 0 radical (unpaired) electrons. The molecule has 1 saturated heterocycles. The van der Waals surface area contributed by atoms with Gasteiger partial charge < -0.3 is 10.0 Å². The second-order valence-electron chi connectivity index (χ2n) is 4.58. The highest BCUT2D eigenvalue weighted by Crippen LogP contribution is 2.27. The Labute approximate surface area is 108 Å². The van der Waals surface area contributed by atoms with Crippen LogP contribution in [0.25, 0.3) is 0 Å². The van der Waals surface area contributed by atoms with Crippen molar-refractivity contribution in [1.29, 1.82) is 0 Å². The number of nitrogens with zero attached hydrogens (tertiary/aromatic N) is 2. The summed E-state index contributed by atoms with van der Waals surface area (Å²) >= 11 is 5.73. The normalized spacial score (nSPS) is 17.2. The van der Waals surface area contributed by atoms with E-state index in [1.165, 1.54) is 23.1 Å². The number of halogens is 1. The highest BCUT2D eigenvalue weighted by Gasteiger charge is 2.39. The molecule has 18 heavy (non-hydrogen) atoms. The first-order valence-electron chi connectivity index (χ1n) is 5.26. The summed E-state index contributed by atoms with van der Waals surface area (Å²) in [6.07, 6.45) is 0. The minimum Gasteiger partial charge on any atom is -0.386 e. The predicted molar refractivity (Wildman–Crippen MR) is 64.6 cm³/mol. The van der Waals surface area contributed by atoms with E-state index in [2.05, 4.69) is 0 Å². The third-order valence-electron chi connectivity index (χ3n) is 2.74. The number of carbonyl (C=O) groups excluding carboxylic acids is 1. The predicted octanol–water partition coefficient (Wildman–Crippen LogP) is 1.46. The summed E-state index contributed by atoms with van der Waals surface area (Å²) in [5.41, 5.74) is -0.801. The number of hydrogen-bond donors (Lipinski definition) is 1. The van der Waals surface area contributed by atoms with Gasteiger partial charge in [-0.05, 0) is 19.1 Å². The molecule has 2 rings (SSSR count). The van der Waals surface area contributed by atoms with Crippen molar-refractivity contribution in [3.63, 3.8) is 0 Å². The van der Waals surface area contributed by atoms with Crippen LogP contribution in [-0.4, -0.2) is 39.5 Å². The standard InChI is InChI=1S/C11H11ClN2O4/c1-11(16)5-13(6-11)10(15)7-2-3-9(14(17)18)8(12)4-7/h2-4,16H,5-6H2,1H3. The molecule has 6 nitrogen and oxygen atoms in total. The minimum absolute atomic E-state index is 0.0712. The number of nitro groups is 1. The number of rotatable bonds is 2. The molecule has 1 amide bonds. The van der Waals surface area contributed by atoms with Crippen molar-refractivity contribution in [1.82, 2.24) is 4.90 Å². The largest absolute Gasteiger partial charge is 0.386 e. The second-order valence-corrected chi connectivity index (χ2v) is 4.99. The van der Waals surface area contributed by atoms with Gasteiger partial charge in [0.1, 0.15) is 5.02 Å². The third-order valence-corrected chi connectivity index (χ3v) is 3.04. The van der Waals surface area contributed by atoms with Gasteiger partial charge in [0.05, 0.1) is 23.6 Å². The molecule has 7 heteroatoms. The highest BCUT2D eigenvalue weighted by atomic mass is 35.5. The Hall–Kier alpha value is -1.66. The molecule has 1 fully saturated rings. The summed E-state index contributed by atoms with van der Waals surface area (Å²) in [5, 5.41) is 20.1. The maximum atomic E-state index is 11.9. The molecule has 0 aliphatic carbocycles. The maximum absolute atomic E-state index is 11.9. The molecule has 0 spiro atoms. The monoisotopic (exact) mass is 270 g/mol. The second kappa shape index (κ2) is 4.22. The van der Waals surface area contributed by atoms with Gasteiger partial charge in [-0.1, -0.05) is 11.6 Å². The zero-order chi connectivity index (χ0) is 13.5. The van der Waals surface area contributed by atoms with Gasteiger partial charge in [-0.3, -0.25) is 14.9 Å². The average molecular weight is 271 g/mol. The summed E-state index contributed by atoms with van der Waals surface area (Å²) in [6, 6.07) is 3.84. The van der Waals surface area contributed by atoms with Crippen molar-refractivity contribution in [2.24, 2.45) is 0 Å². The van der Waals surface area contributed by atoms with Crippen LogP contribution in [0, 0.1) is 10.1 Å². The molecule has 0 atom stereocenters. The smallest absolute Gasteiger partial charge is 0.287 e. The molecule has 0 saturated carbocycles. The summed E-state index contributed by atoms with van der Waals surface area (Å²) in [4.78, 5) is 23.4. The lowest BCUT2D eigenvalue weighted by molar-refractivity contribution is -0.384. The van der Waals surface area contributed by atoms with Gasteiger partial charge >= 0.3 is 0 Å². The Morgan fingerprint density at radius 2 is 2.17 bits per heavy atom. The van der Waals surface area contributed by atoms with Crippen LogP contribution in [0.2, 0.25) is 5.02 Å². The quantitative estimate of drug-likeness (QED) is 0.651. The molecule has 1 aliphatic rings. The summed E-state index contributed by atoms with van der Waals surface area (Å²) < 4.78 is 0. The number of hydrogen-bond acceptors (Lipinski definition) is 4. The van der Waals surface area contributed by atoms with Gasteiger partial charge in [0, 0.05) is 11.6 Å². The zero-order valence-corrected chi connectivity index (χ0v) is 10.3. The van der Waals surface area contributed by atoms with E-state index in [4.69, 9.17) is 11.6 Å². The highest BCUT2D eigenvalue weighted by molar-refractivity contribution is 6.33. The topological polar surface area (TPSA) is 83.7 Å². The van der Waals surface area contributed by atoms with Crippen LogP contribution in [0.5, 0.6) is 0 Å². The van der Waals surface area contributed by atoms with E-state index in [0.717, 1.165) is 0 Å². The Morgan fingerprint density at radius 3 is 2.61 bits per heavy atom. The number of β-amino-alcohol motifs (C(OH)–C–C–N with tert-alkyl or cyclic N) is 1. The summed E-state index contributed by atoms with van der Waals surface area (Å²) in [7, 11) is 0. The summed E-state index contributed by atoms with van der Waals surface area (Å²) in [5.74, 6) is -0.293. The number of aliphatic hydroxyl groups is 1. The van der Waals surface area contributed by atoms with Crippen LogP contribution in [0.1, 0.15) is 17.3 Å². The van der Waals surface area contributed by atoms with E-state index in [9.17, 15) is 20.0 Å². The van der Waals surface area contributed by atoms with Crippen molar-refractivity contribution in [3.8, 4) is 0 Å². The number of nitro benzene ring substituents is 1. The van der Waals surface area contributed by atoms with Gasteiger partial charge in [0.15, 0.2) is 0 Å². The van der Waals surface area contributed by atoms with Crippen molar-refractivity contribution in [2.45, 2.75) is 12.5 Å². The maximum Gasteiger partial charge on any atom is 0.287 e. The molecule has 1 heterocycles. The fourth-order valence-electron chi connectivity index (χ4n) is 1.89. The Bertz CT molecular complexity index is 522. The van der Waals surface area contributed by atoms with Gasteiger partial charge in [0.2, 0.25) is 0 Å². The van der Waals surface area contributed by atoms with Crippen molar-refractivity contribution in [3.05, 3.63) is 38.9 Å². The minimum atomic E-state index is -0.847. The number of benzene rings is 1. The van der Waals surface area contributed by atoms with Gasteiger partial charge in [-0.15, -0.1) is 0 Å². The molecule has 0 aromatic heterocycles. The average Bonchev–Trinajstić information content (AvgIpc) is 2.24. The van der Waals surface area contributed by atoms with Crippen LogP contribution >= 0.6 is 11.6 Å². The van der Waals surface area contributed by atoms with E-state index in [-0.39, 0.29) is 35.3 Å². The number of likely N-dealkylation sites (tertiary alicyclic amines) is 1. The van der Waals surface area contributed by atoms with Crippen LogP contribution in [0.3, 0.4) is 0 Å². The molecule has 96 valence electrons. The third kappa shape index (κ3) is 2.30. The van der Waals surface area contributed by atoms with Crippen molar-refractivity contribution < 1.29 is 14.8 Å². The molecule has 1 aromatic rings. The molecular formula is C11H11ClN2O4. The molecular weight excluding hydrogens is 260 g/mol. The molecule has 0 unspecified atom stereocenters. The van der Waals surface area contributed by atoms with Gasteiger partial charge in [-0.25, -0.2) is 0 Å². The summed E-state index contributed by atoms with van der Waals surface area (Å²) in [6.45, 7) is 2.14. The van der Waals surface area contributed by atoms with Crippen LogP contribution < -0.4 is 0 Å². The fraction of sp³-hybridized carbons (Fsp3) is 0.364. The molecule has 1 N–H and O–H groups in total. The molecule has 1 aliphatic heterocycles. The first kappa shape index (κ1) is 12.8. The van der Waals surface area contributed by atoms with E-state index in [0.29, 0.717) is 0 Å². The van der Waals surface area contributed by atoms with E-state index in [1.807, 2.05) is 0 Å². The van der Waals surface area contributed by atoms with Crippen molar-refractivity contribution >= 4 is 23.2 Å². The Morgan fingerprint density at radius 1 is 1.56 bits per heavy atom. The van der Waals surface area contributed by atoms with Gasteiger partial charge in [-0.2, -0.15) is 0 Å². The number of carbonyl (C=O) groups is 1. The lowest BCUT2D eigenvalue weighted by atomic mass is 9.96. The van der Waals surface area contributed by atoms with Crippen molar-refractivity contribution in [2.75, 3.05) is 13.1 Å². The Kier molecular flexibility index (Phi) is 3.00. The molecule has 1 aromatic carbocycles. The van der Waals surface area contributed by atoms with Crippen LogP contribution in [0.15, 0.2) is 18.2 Å². The number of amides is 1. The first-order valence-corrected chi connectivity index (χ1v) is 5.63. The Balaban J connectivity index is 2.18. The fourth-order valence-corrected chi connectivity index (χ4v) is 2.14. The van der Waals surface area contributed by atoms with E-state index >= 15 is 0 Å². The van der Waals surface area contributed by atoms with E-state index < -0.39 is 10.5 Å². The lowest BCUT2D eigenvalue weighted by Gasteiger charge is -2.44. The lowest BCUT2D eigenvalue weighted by Crippen LogP contribution is -2.61. The first-order chi connectivity index (χ1) is 8.30.